The van der Waals surface area contributed by atoms with Gasteiger partial charge in [0.25, 0.3) is 0 Å². The number of unbranched alkanes of at least 4 members (excludes halogenated alkanes) is 2. The lowest BCUT2D eigenvalue weighted by Crippen LogP contribution is -2.24. The Bertz CT molecular complexity index is 281. The van der Waals surface area contributed by atoms with Gasteiger partial charge in [0.2, 0.25) is 0 Å². The average molecular weight is 304 g/mol. The zero-order valence-corrected chi connectivity index (χ0v) is 14.5. The summed E-state index contributed by atoms with van der Waals surface area (Å²) in [6, 6.07) is 0. The first-order valence-electron chi connectivity index (χ1n) is 7.88. The first-order chi connectivity index (χ1) is 9.66. The topological polar surface area (TPSA) is 54.0 Å². The van der Waals surface area contributed by atoms with Crippen LogP contribution in [0.15, 0.2) is 0 Å². The Morgan fingerprint density at radius 3 is 2.14 bits per heavy atom. The fraction of sp³-hybridized carbons (Fsp3) is 0.938. The van der Waals surface area contributed by atoms with E-state index < -0.39 is 11.6 Å². The zero-order valence-electron chi connectivity index (χ0n) is 14.5. The molecule has 126 valence electrons. The van der Waals surface area contributed by atoms with Gasteiger partial charge in [0.15, 0.2) is 0 Å². The van der Waals surface area contributed by atoms with E-state index in [9.17, 15) is 4.79 Å². The molecule has 0 aliphatic carbocycles. The molecule has 0 aromatic rings. The van der Waals surface area contributed by atoms with Crippen LogP contribution in [-0.2, 0) is 24.6 Å². The number of carbonyl (C=O) groups is 1. The molecule has 0 aliphatic heterocycles. The van der Waals surface area contributed by atoms with Crippen LogP contribution < -0.4 is 0 Å². The van der Waals surface area contributed by atoms with Crippen molar-refractivity contribution in [3.05, 3.63) is 0 Å². The molecule has 0 spiro atoms. The van der Waals surface area contributed by atoms with Crippen LogP contribution in [0.3, 0.4) is 0 Å². The quantitative estimate of drug-likeness (QED) is 0.309. The summed E-state index contributed by atoms with van der Waals surface area (Å²) in [6.45, 7) is 12.4. The highest BCUT2D eigenvalue weighted by atomic mass is 17.7. The first-order valence-corrected chi connectivity index (χ1v) is 7.88. The van der Waals surface area contributed by atoms with Crippen LogP contribution in [0.4, 0.5) is 0 Å². The molecule has 0 saturated carbocycles. The van der Waals surface area contributed by atoms with E-state index in [1.54, 1.807) is 0 Å². The van der Waals surface area contributed by atoms with Crippen molar-refractivity contribution >= 4 is 5.97 Å². The van der Waals surface area contributed by atoms with Gasteiger partial charge in [0, 0.05) is 11.5 Å². The molecule has 5 nitrogen and oxygen atoms in total. The Kier molecular flexibility index (Phi) is 9.83. The normalized spacial score (nSPS) is 12.5. The predicted octanol–water partition coefficient (Wildman–Crippen LogP) is 4.90. The van der Waals surface area contributed by atoms with E-state index in [1.165, 1.54) is 0 Å². The molecule has 0 saturated heterocycles. The Hall–Kier alpha value is -0.650. The lowest BCUT2D eigenvalue weighted by atomic mass is 9.89. The van der Waals surface area contributed by atoms with Crippen molar-refractivity contribution in [3.8, 4) is 0 Å². The molecular weight excluding hydrogens is 272 g/mol. The van der Waals surface area contributed by atoms with Gasteiger partial charge in [-0.1, -0.05) is 47.0 Å². The van der Waals surface area contributed by atoms with Crippen molar-refractivity contribution < 1.29 is 24.6 Å². The van der Waals surface area contributed by atoms with E-state index in [0.29, 0.717) is 11.8 Å². The molecule has 0 fully saturated rings. The van der Waals surface area contributed by atoms with Crippen molar-refractivity contribution in [1.82, 2.24) is 0 Å². The minimum atomic E-state index is -0.464. The fourth-order valence-electron chi connectivity index (χ4n) is 1.94. The van der Waals surface area contributed by atoms with Crippen LogP contribution in [-0.4, -0.2) is 11.6 Å². The summed E-state index contributed by atoms with van der Waals surface area (Å²) in [6.07, 6.45) is 6.17. The molecule has 0 amide bonds. The summed E-state index contributed by atoms with van der Waals surface area (Å²) in [7, 11) is 0. The van der Waals surface area contributed by atoms with Gasteiger partial charge in [-0.3, -0.25) is 4.89 Å². The largest absolute Gasteiger partial charge is 0.345 e. The number of carbonyl (C=O) groups excluding carboxylic acids is 1. The van der Waals surface area contributed by atoms with Crippen LogP contribution in [0.25, 0.3) is 0 Å². The van der Waals surface area contributed by atoms with Crippen molar-refractivity contribution in [3.63, 3.8) is 0 Å². The van der Waals surface area contributed by atoms with Crippen LogP contribution >= 0.6 is 0 Å². The molecule has 0 N–H and O–H groups in total. The Labute approximate surface area is 129 Å². The van der Waals surface area contributed by atoms with E-state index in [1.807, 2.05) is 20.8 Å². The Morgan fingerprint density at radius 1 is 0.905 bits per heavy atom. The second-order valence-electron chi connectivity index (χ2n) is 7.31. The summed E-state index contributed by atoms with van der Waals surface area (Å²) < 4.78 is 0. The second kappa shape index (κ2) is 10.1. The third kappa shape index (κ3) is 14.1. The van der Waals surface area contributed by atoms with Crippen molar-refractivity contribution in [1.29, 1.82) is 0 Å². The molecule has 0 atom stereocenters. The lowest BCUT2D eigenvalue weighted by Gasteiger charge is -2.20. The summed E-state index contributed by atoms with van der Waals surface area (Å²) in [4.78, 5) is 20.8. The SMILES string of the molecule is CCCC(C)(C)OOOOC(=O)CCCCCC(C)(C)C. The molecule has 0 aliphatic rings. The summed E-state index contributed by atoms with van der Waals surface area (Å²) in [5.74, 6) is -0.442. The van der Waals surface area contributed by atoms with Gasteiger partial charge in [-0.15, -0.1) is 0 Å². The van der Waals surface area contributed by atoms with Gasteiger partial charge in [0.1, 0.15) is 5.60 Å². The molecule has 0 heterocycles. The highest BCUT2D eigenvalue weighted by molar-refractivity contribution is 5.68. The molecule has 0 aromatic carbocycles. The van der Waals surface area contributed by atoms with Gasteiger partial charge in [-0.05, 0) is 43.6 Å². The van der Waals surface area contributed by atoms with E-state index in [0.717, 1.165) is 38.5 Å². The number of hydrogen-bond donors (Lipinski definition) is 0. The Balaban J connectivity index is 3.51. The number of rotatable bonds is 11. The summed E-state index contributed by atoms with van der Waals surface area (Å²) in [5, 5.41) is 8.77. The third-order valence-electron chi connectivity index (χ3n) is 3.07. The minimum Gasteiger partial charge on any atom is -0.267 e. The maximum Gasteiger partial charge on any atom is 0.345 e. The predicted molar refractivity (Wildman–Crippen MR) is 80.9 cm³/mol. The molecule has 5 heteroatoms. The molecule has 21 heavy (non-hydrogen) atoms. The minimum absolute atomic E-state index is 0.325. The van der Waals surface area contributed by atoms with Crippen molar-refractivity contribution in [2.45, 2.75) is 92.1 Å². The molecule has 0 unspecified atom stereocenters. The highest BCUT2D eigenvalue weighted by Crippen LogP contribution is 2.22. The molecule has 0 bridgehead atoms. The molecule has 0 radical (unpaired) electrons. The smallest absolute Gasteiger partial charge is 0.267 e. The van der Waals surface area contributed by atoms with Gasteiger partial charge >= 0.3 is 5.97 Å². The summed E-state index contributed by atoms with van der Waals surface area (Å²) in [5.41, 5.74) is -0.117. The highest BCUT2D eigenvalue weighted by Gasteiger charge is 2.19. The first kappa shape index (κ1) is 20.3. The van der Waals surface area contributed by atoms with E-state index >= 15 is 0 Å². The maximum atomic E-state index is 11.4. The van der Waals surface area contributed by atoms with E-state index in [-0.39, 0.29) is 0 Å². The van der Waals surface area contributed by atoms with Gasteiger partial charge in [0.05, 0.1) is 0 Å². The third-order valence-corrected chi connectivity index (χ3v) is 3.07. The molecule has 0 aromatic heterocycles. The monoisotopic (exact) mass is 304 g/mol. The summed E-state index contributed by atoms with van der Waals surface area (Å²) >= 11 is 0. The maximum absolute atomic E-state index is 11.4. The standard InChI is InChI=1S/C16H32O5/c1-7-12-16(5,6)19-21-20-18-14(17)11-9-8-10-13-15(2,3)4/h7-13H2,1-6H3. The van der Waals surface area contributed by atoms with E-state index in [2.05, 4.69) is 35.7 Å². The fourth-order valence-corrected chi connectivity index (χ4v) is 1.94. The van der Waals surface area contributed by atoms with Crippen LogP contribution in [0.5, 0.6) is 0 Å². The second-order valence-corrected chi connectivity index (χ2v) is 7.31. The van der Waals surface area contributed by atoms with Crippen LogP contribution in [0, 0.1) is 5.41 Å². The van der Waals surface area contributed by atoms with E-state index in [4.69, 9.17) is 4.89 Å². The van der Waals surface area contributed by atoms with Gasteiger partial charge < -0.3 is 0 Å². The van der Waals surface area contributed by atoms with Gasteiger partial charge in [-0.25, -0.2) is 4.79 Å². The van der Waals surface area contributed by atoms with Crippen LogP contribution in [0.1, 0.15) is 86.5 Å². The molecule has 0 rings (SSSR count). The van der Waals surface area contributed by atoms with Crippen molar-refractivity contribution in [2.24, 2.45) is 5.41 Å². The Morgan fingerprint density at radius 2 is 1.57 bits per heavy atom. The number of hydrogen-bond acceptors (Lipinski definition) is 5. The molecular formula is C16H32O5. The lowest BCUT2D eigenvalue weighted by molar-refractivity contribution is -0.634. The van der Waals surface area contributed by atoms with Gasteiger partial charge in [-0.2, -0.15) is 4.89 Å². The van der Waals surface area contributed by atoms with Crippen molar-refractivity contribution in [2.75, 3.05) is 0 Å². The zero-order chi connectivity index (χ0) is 16.4. The van der Waals surface area contributed by atoms with Crippen LogP contribution in [0.2, 0.25) is 0 Å². The average Bonchev–Trinajstić information content (AvgIpc) is 2.33.